The molecule has 1 heterocycles. The molecular formula is C10H17N3. The zero-order valence-corrected chi connectivity index (χ0v) is 8.16. The van der Waals surface area contributed by atoms with Crippen molar-refractivity contribution in [2.24, 2.45) is 5.73 Å². The van der Waals surface area contributed by atoms with E-state index in [1.165, 1.54) is 24.1 Å². The van der Waals surface area contributed by atoms with Crippen molar-refractivity contribution in [1.82, 2.24) is 9.78 Å². The topological polar surface area (TPSA) is 43.8 Å². The molecule has 1 aliphatic rings. The molecule has 0 unspecified atom stereocenters. The Hall–Kier alpha value is -0.830. The highest BCUT2D eigenvalue weighted by atomic mass is 15.3. The van der Waals surface area contributed by atoms with Crippen LogP contribution < -0.4 is 5.73 Å². The molecular weight excluding hydrogens is 162 g/mol. The standard InChI is InChI=1S/C10H17N3/c1-2-13-7-9(5-6-11)10(12-13)8-3-4-8/h7-8H,2-6,11H2,1H3. The molecule has 0 spiro atoms. The number of rotatable bonds is 4. The van der Waals surface area contributed by atoms with Gasteiger partial charge >= 0.3 is 0 Å². The molecule has 1 aliphatic carbocycles. The lowest BCUT2D eigenvalue weighted by Gasteiger charge is -1.95. The van der Waals surface area contributed by atoms with Gasteiger partial charge in [-0.25, -0.2) is 0 Å². The SMILES string of the molecule is CCn1cc(CCN)c(C2CC2)n1. The first-order valence-corrected chi connectivity index (χ1v) is 5.11. The van der Waals surface area contributed by atoms with Crippen LogP contribution in [-0.2, 0) is 13.0 Å². The fourth-order valence-corrected chi connectivity index (χ4v) is 1.69. The van der Waals surface area contributed by atoms with Crippen molar-refractivity contribution in [2.45, 2.75) is 38.6 Å². The lowest BCUT2D eigenvalue weighted by Crippen LogP contribution is -2.03. The van der Waals surface area contributed by atoms with Crippen molar-refractivity contribution in [3.8, 4) is 0 Å². The Kier molecular flexibility index (Phi) is 2.36. The van der Waals surface area contributed by atoms with E-state index in [-0.39, 0.29) is 0 Å². The average Bonchev–Trinajstić information content (AvgIpc) is 2.89. The maximum absolute atomic E-state index is 5.56. The van der Waals surface area contributed by atoms with E-state index in [0.717, 1.165) is 25.4 Å². The van der Waals surface area contributed by atoms with Gasteiger partial charge in [0.15, 0.2) is 0 Å². The Morgan fingerprint density at radius 2 is 2.38 bits per heavy atom. The summed E-state index contributed by atoms with van der Waals surface area (Å²) in [6, 6.07) is 0. The smallest absolute Gasteiger partial charge is 0.0687 e. The third kappa shape index (κ3) is 1.75. The minimum absolute atomic E-state index is 0.731. The normalized spacial score (nSPS) is 16.5. The molecule has 0 saturated heterocycles. The average molecular weight is 179 g/mol. The minimum atomic E-state index is 0.731. The molecule has 1 saturated carbocycles. The number of aromatic nitrogens is 2. The van der Waals surface area contributed by atoms with Gasteiger partial charge in [0.05, 0.1) is 5.69 Å². The van der Waals surface area contributed by atoms with Crippen molar-refractivity contribution in [3.63, 3.8) is 0 Å². The van der Waals surface area contributed by atoms with Crippen LogP contribution in [0.25, 0.3) is 0 Å². The molecule has 3 nitrogen and oxygen atoms in total. The Labute approximate surface area is 78.9 Å². The molecule has 2 rings (SSSR count). The molecule has 0 atom stereocenters. The second kappa shape index (κ2) is 3.50. The fourth-order valence-electron chi connectivity index (χ4n) is 1.69. The zero-order valence-electron chi connectivity index (χ0n) is 8.16. The molecule has 0 aromatic carbocycles. The van der Waals surface area contributed by atoms with Crippen molar-refractivity contribution in [1.29, 1.82) is 0 Å². The van der Waals surface area contributed by atoms with Crippen LogP contribution in [0.2, 0.25) is 0 Å². The molecule has 0 aliphatic heterocycles. The molecule has 0 radical (unpaired) electrons. The van der Waals surface area contributed by atoms with Crippen LogP contribution in [-0.4, -0.2) is 16.3 Å². The highest BCUT2D eigenvalue weighted by Gasteiger charge is 2.28. The van der Waals surface area contributed by atoms with Gasteiger partial charge in [0, 0.05) is 18.7 Å². The van der Waals surface area contributed by atoms with Gasteiger partial charge in [-0.3, -0.25) is 4.68 Å². The summed E-state index contributed by atoms with van der Waals surface area (Å²) in [6.07, 6.45) is 5.77. The third-order valence-corrected chi connectivity index (χ3v) is 2.57. The molecule has 1 fully saturated rings. The quantitative estimate of drug-likeness (QED) is 0.756. The summed E-state index contributed by atoms with van der Waals surface area (Å²) in [7, 11) is 0. The number of hydrogen-bond acceptors (Lipinski definition) is 2. The van der Waals surface area contributed by atoms with Crippen LogP contribution in [0.4, 0.5) is 0 Å². The number of nitrogens with two attached hydrogens (primary N) is 1. The summed E-state index contributed by atoms with van der Waals surface area (Å²) >= 11 is 0. The minimum Gasteiger partial charge on any atom is -0.330 e. The van der Waals surface area contributed by atoms with Gasteiger partial charge in [0.2, 0.25) is 0 Å². The summed E-state index contributed by atoms with van der Waals surface area (Å²) in [6.45, 7) is 3.81. The Morgan fingerprint density at radius 1 is 1.62 bits per heavy atom. The van der Waals surface area contributed by atoms with Gasteiger partial charge < -0.3 is 5.73 Å². The molecule has 0 bridgehead atoms. The maximum Gasteiger partial charge on any atom is 0.0687 e. The summed E-state index contributed by atoms with van der Waals surface area (Å²) in [4.78, 5) is 0. The maximum atomic E-state index is 5.56. The van der Waals surface area contributed by atoms with E-state index in [0.29, 0.717) is 0 Å². The molecule has 13 heavy (non-hydrogen) atoms. The van der Waals surface area contributed by atoms with Crippen LogP contribution in [0.15, 0.2) is 6.20 Å². The van der Waals surface area contributed by atoms with Crippen LogP contribution in [0, 0.1) is 0 Å². The number of nitrogens with zero attached hydrogens (tertiary/aromatic N) is 2. The first-order chi connectivity index (χ1) is 6.35. The molecule has 2 N–H and O–H groups in total. The van der Waals surface area contributed by atoms with Crippen LogP contribution in [0.3, 0.4) is 0 Å². The molecule has 1 aromatic heterocycles. The van der Waals surface area contributed by atoms with Gasteiger partial charge in [0.25, 0.3) is 0 Å². The van der Waals surface area contributed by atoms with Crippen molar-refractivity contribution in [3.05, 3.63) is 17.5 Å². The van der Waals surface area contributed by atoms with E-state index in [9.17, 15) is 0 Å². The Bertz CT molecular complexity index is 286. The molecule has 3 heteroatoms. The number of hydrogen-bond donors (Lipinski definition) is 1. The van der Waals surface area contributed by atoms with E-state index in [2.05, 4.69) is 18.2 Å². The van der Waals surface area contributed by atoms with Crippen LogP contribution in [0.5, 0.6) is 0 Å². The van der Waals surface area contributed by atoms with Crippen molar-refractivity contribution < 1.29 is 0 Å². The highest BCUT2D eigenvalue weighted by molar-refractivity contribution is 5.25. The zero-order chi connectivity index (χ0) is 9.26. The van der Waals surface area contributed by atoms with E-state index >= 15 is 0 Å². The van der Waals surface area contributed by atoms with Crippen LogP contribution in [0.1, 0.15) is 36.9 Å². The van der Waals surface area contributed by atoms with Crippen molar-refractivity contribution >= 4 is 0 Å². The lowest BCUT2D eigenvalue weighted by atomic mass is 10.1. The first-order valence-electron chi connectivity index (χ1n) is 5.11. The fraction of sp³-hybridized carbons (Fsp3) is 0.700. The largest absolute Gasteiger partial charge is 0.330 e. The van der Waals surface area contributed by atoms with E-state index in [1.807, 2.05) is 4.68 Å². The molecule has 1 aromatic rings. The Balaban J connectivity index is 2.22. The second-order valence-electron chi connectivity index (χ2n) is 3.71. The predicted molar refractivity (Wildman–Crippen MR) is 52.6 cm³/mol. The van der Waals surface area contributed by atoms with E-state index in [1.54, 1.807) is 0 Å². The molecule has 72 valence electrons. The lowest BCUT2D eigenvalue weighted by molar-refractivity contribution is 0.647. The number of aryl methyl sites for hydroxylation is 1. The van der Waals surface area contributed by atoms with Gasteiger partial charge in [-0.05, 0) is 38.3 Å². The van der Waals surface area contributed by atoms with Gasteiger partial charge in [0.1, 0.15) is 0 Å². The van der Waals surface area contributed by atoms with Crippen LogP contribution >= 0.6 is 0 Å². The van der Waals surface area contributed by atoms with Gasteiger partial charge in [-0.1, -0.05) is 0 Å². The third-order valence-electron chi connectivity index (χ3n) is 2.57. The highest BCUT2D eigenvalue weighted by Crippen LogP contribution is 2.40. The summed E-state index contributed by atoms with van der Waals surface area (Å²) in [5.74, 6) is 0.745. The molecule has 0 amide bonds. The van der Waals surface area contributed by atoms with E-state index in [4.69, 9.17) is 5.73 Å². The monoisotopic (exact) mass is 179 g/mol. The predicted octanol–water partition coefficient (Wildman–Crippen LogP) is 1.28. The second-order valence-corrected chi connectivity index (χ2v) is 3.71. The van der Waals surface area contributed by atoms with Gasteiger partial charge in [-0.2, -0.15) is 5.10 Å². The summed E-state index contributed by atoms with van der Waals surface area (Å²) in [5, 5.41) is 4.57. The van der Waals surface area contributed by atoms with E-state index < -0.39 is 0 Å². The summed E-state index contributed by atoms with van der Waals surface area (Å²) < 4.78 is 2.03. The summed E-state index contributed by atoms with van der Waals surface area (Å²) in [5.41, 5.74) is 8.24. The Morgan fingerprint density at radius 3 is 2.92 bits per heavy atom. The first kappa shape index (κ1) is 8.75. The van der Waals surface area contributed by atoms with Gasteiger partial charge in [-0.15, -0.1) is 0 Å². The van der Waals surface area contributed by atoms with Crippen molar-refractivity contribution in [2.75, 3.05) is 6.54 Å².